The van der Waals surface area contributed by atoms with Gasteiger partial charge in [0.15, 0.2) is 5.03 Å². The van der Waals surface area contributed by atoms with Crippen molar-refractivity contribution in [1.82, 2.24) is 19.7 Å². The number of pyridine rings is 3. The fourth-order valence-electron chi connectivity index (χ4n) is 5.27. The molecule has 4 rings (SSSR count). The Morgan fingerprint density at radius 1 is 1.15 bits per heavy atom. The zero-order valence-electron chi connectivity index (χ0n) is 23.4. The second kappa shape index (κ2) is 10.8. The molecule has 212 valence electrons. The van der Waals surface area contributed by atoms with E-state index >= 15 is 0 Å². The SMILES string of the molecule is CCN(CC)c1cc(-c2ccc(C(=O)NS(=O)(=O)c3cccc(N)n3)c(N3C[C@@H](C)CC3(C)C)n2)cc(C)n1.[HH].[HH]. The molecular formula is C28H41N7O3S. The number of nitrogens with two attached hydrogens (primary N) is 1. The molecule has 4 heterocycles. The quantitative estimate of drug-likeness (QED) is 0.411. The summed E-state index contributed by atoms with van der Waals surface area (Å²) >= 11 is 0. The van der Waals surface area contributed by atoms with Crippen LogP contribution >= 0.6 is 0 Å². The van der Waals surface area contributed by atoms with Gasteiger partial charge in [0.1, 0.15) is 17.5 Å². The Labute approximate surface area is 233 Å². The summed E-state index contributed by atoms with van der Waals surface area (Å²) in [6.07, 6.45) is 0.909. The third-order valence-electron chi connectivity index (χ3n) is 7.02. The summed E-state index contributed by atoms with van der Waals surface area (Å²) in [5, 5.41) is -0.326. The van der Waals surface area contributed by atoms with Crippen LogP contribution in [0.2, 0.25) is 0 Å². The lowest BCUT2D eigenvalue weighted by Crippen LogP contribution is -2.41. The van der Waals surface area contributed by atoms with Crippen molar-refractivity contribution in [3.63, 3.8) is 0 Å². The van der Waals surface area contributed by atoms with Crippen molar-refractivity contribution in [2.75, 3.05) is 35.2 Å². The first-order valence-corrected chi connectivity index (χ1v) is 14.6. The molecule has 0 unspecified atom stereocenters. The minimum Gasteiger partial charge on any atom is -0.384 e. The van der Waals surface area contributed by atoms with Gasteiger partial charge in [-0.2, -0.15) is 8.42 Å². The molecular weight excluding hydrogens is 514 g/mol. The van der Waals surface area contributed by atoms with Gasteiger partial charge in [0.2, 0.25) is 0 Å². The van der Waals surface area contributed by atoms with Crippen LogP contribution in [0.15, 0.2) is 47.5 Å². The maximum absolute atomic E-state index is 13.5. The van der Waals surface area contributed by atoms with Crippen molar-refractivity contribution in [3.8, 4) is 11.3 Å². The van der Waals surface area contributed by atoms with Crippen LogP contribution in [-0.4, -0.2) is 54.5 Å². The van der Waals surface area contributed by atoms with Crippen molar-refractivity contribution in [3.05, 3.63) is 53.7 Å². The third-order valence-corrected chi connectivity index (χ3v) is 8.25. The fourth-order valence-corrected chi connectivity index (χ4v) is 6.21. The number of hydrogen-bond donors (Lipinski definition) is 2. The number of sulfonamides is 1. The summed E-state index contributed by atoms with van der Waals surface area (Å²) in [4.78, 5) is 31.3. The van der Waals surface area contributed by atoms with Crippen LogP contribution in [0.5, 0.6) is 0 Å². The molecule has 11 heteroatoms. The molecule has 0 saturated carbocycles. The summed E-state index contributed by atoms with van der Waals surface area (Å²) in [5.74, 6) is 0.934. The Morgan fingerprint density at radius 2 is 1.87 bits per heavy atom. The fraction of sp³-hybridized carbons (Fsp3) is 0.429. The molecule has 3 N–H and O–H groups in total. The summed E-state index contributed by atoms with van der Waals surface area (Å²) in [5.41, 5.74) is 7.96. The highest BCUT2D eigenvalue weighted by molar-refractivity contribution is 7.90. The van der Waals surface area contributed by atoms with Crippen molar-refractivity contribution in [2.24, 2.45) is 5.92 Å². The number of anilines is 3. The number of hydrogen-bond acceptors (Lipinski definition) is 9. The first-order chi connectivity index (χ1) is 18.3. The van der Waals surface area contributed by atoms with Gasteiger partial charge in [0, 0.05) is 39.3 Å². The van der Waals surface area contributed by atoms with E-state index in [4.69, 9.17) is 15.7 Å². The minimum absolute atomic E-state index is 0. The number of aryl methyl sites for hydroxylation is 1. The number of aromatic nitrogens is 3. The van der Waals surface area contributed by atoms with Crippen molar-refractivity contribution < 1.29 is 16.1 Å². The van der Waals surface area contributed by atoms with Gasteiger partial charge in [0.25, 0.3) is 15.9 Å². The smallest absolute Gasteiger partial charge is 0.281 e. The number of nitrogens with zero attached hydrogens (tertiary/aromatic N) is 5. The molecule has 1 amide bonds. The van der Waals surface area contributed by atoms with Crippen molar-refractivity contribution in [1.29, 1.82) is 0 Å². The number of amides is 1. The molecule has 0 radical (unpaired) electrons. The van der Waals surface area contributed by atoms with Crippen LogP contribution in [0.1, 0.15) is 59.9 Å². The number of nitrogen functional groups attached to an aromatic ring is 1. The summed E-state index contributed by atoms with van der Waals surface area (Å²) in [6, 6.07) is 11.6. The minimum atomic E-state index is -4.25. The van der Waals surface area contributed by atoms with E-state index in [1.54, 1.807) is 12.1 Å². The summed E-state index contributed by atoms with van der Waals surface area (Å²) < 4.78 is 28.1. The van der Waals surface area contributed by atoms with E-state index in [1.165, 1.54) is 18.2 Å². The summed E-state index contributed by atoms with van der Waals surface area (Å²) in [7, 11) is -4.25. The van der Waals surface area contributed by atoms with Crippen LogP contribution < -0.4 is 20.3 Å². The largest absolute Gasteiger partial charge is 0.384 e. The van der Waals surface area contributed by atoms with E-state index in [1.807, 2.05) is 19.1 Å². The van der Waals surface area contributed by atoms with Gasteiger partial charge in [-0.1, -0.05) is 13.0 Å². The normalized spacial score (nSPS) is 16.8. The highest BCUT2D eigenvalue weighted by atomic mass is 32.2. The van der Waals surface area contributed by atoms with Gasteiger partial charge in [-0.3, -0.25) is 4.79 Å². The van der Waals surface area contributed by atoms with Gasteiger partial charge in [0.05, 0.1) is 11.3 Å². The second-order valence-corrected chi connectivity index (χ2v) is 12.3. The predicted octanol–water partition coefficient (Wildman–Crippen LogP) is 4.51. The molecule has 1 aliphatic heterocycles. The standard InChI is InChI=1S/C28H37N7O3S.2H2/c1-7-34(8-2)24-15-20(14-19(4)30-24)22-13-12-21(26(31-22)35-17-18(3)16-28(35,5)6)27(36)33-39(37,38)25-11-9-10-23(29)32-25;;/h9-15,18H,7-8,16-17H2,1-6H3,(H2,29,32)(H,33,36);2*1H/t18-;;/m0../s1. The van der Waals surface area contributed by atoms with Gasteiger partial charge in [-0.15, -0.1) is 0 Å². The number of rotatable bonds is 8. The molecule has 1 aliphatic rings. The molecule has 1 saturated heterocycles. The van der Waals surface area contributed by atoms with E-state index in [0.717, 1.165) is 36.6 Å². The molecule has 1 atom stereocenters. The van der Waals surface area contributed by atoms with E-state index in [2.05, 4.69) is 54.1 Å². The number of carbonyl (C=O) groups is 1. The van der Waals surface area contributed by atoms with Gasteiger partial charge in [-0.05, 0) is 83.4 Å². The maximum atomic E-state index is 13.5. The lowest BCUT2D eigenvalue weighted by Gasteiger charge is -2.34. The molecule has 10 nitrogen and oxygen atoms in total. The predicted molar refractivity (Wildman–Crippen MR) is 159 cm³/mol. The monoisotopic (exact) mass is 555 g/mol. The molecule has 39 heavy (non-hydrogen) atoms. The van der Waals surface area contributed by atoms with Gasteiger partial charge >= 0.3 is 0 Å². The van der Waals surface area contributed by atoms with E-state index in [0.29, 0.717) is 24.0 Å². The maximum Gasteiger partial charge on any atom is 0.281 e. The average Bonchev–Trinajstić information content (AvgIpc) is 3.15. The van der Waals surface area contributed by atoms with Crippen molar-refractivity contribution in [2.45, 2.75) is 58.5 Å². The first-order valence-electron chi connectivity index (χ1n) is 13.2. The highest BCUT2D eigenvalue weighted by Gasteiger charge is 2.39. The zero-order chi connectivity index (χ0) is 28.5. The van der Waals surface area contributed by atoms with E-state index in [-0.39, 0.29) is 24.8 Å². The Kier molecular flexibility index (Phi) is 7.83. The summed E-state index contributed by atoms with van der Waals surface area (Å²) in [6.45, 7) is 14.8. The first kappa shape index (κ1) is 28.3. The van der Waals surface area contributed by atoms with Crippen LogP contribution in [-0.2, 0) is 10.0 Å². The number of carbonyl (C=O) groups excluding carboxylic acids is 1. The van der Waals surface area contributed by atoms with Crippen LogP contribution in [0.3, 0.4) is 0 Å². The average molecular weight is 556 g/mol. The molecule has 3 aromatic heterocycles. The highest BCUT2D eigenvalue weighted by Crippen LogP contribution is 2.38. The molecule has 0 bridgehead atoms. The van der Waals surface area contributed by atoms with Crippen LogP contribution in [0.25, 0.3) is 11.3 Å². The lowest BCUT2D eigenvalue weighted by molar-refractivity contribution is 0.0981. The van der Waals surface area contributed by atoms with Gasteiger partial charge in [-0.25, -0.2) is 19.7 Å². The zero-order valence-corrected chi connectivity index (χ0v) is 24.2. The lowest BCUT2D eigenvalue weighted by atomic mass is 9.97. The second-order valence-electron chi connectivity index (χ2n) is 10.7. The third kappa shape index (κ3) is 5.98. The Morgan fingerprint density at radius 3 is 2.49 bits per heavy atom. The van der Waals surface area contributed by atoms with Crippen LogP contribution in [0, 0.1) is 12.8 Å². The van der Waals surface area contributed by atoms with Crippen molar-refractivity contribution >= 4 is 33.4 Å². The number of nitrogens with one attached hydrogen (secondary N) is 1. The Hall–Kier alpha value is -3.73. The van der Waals surface area contributed by atoms with E-state index < -0.39 is 15.9 Å². The topological polar surface area (TPSA) is 134 Å². The Bertz CT molecular complexity index is 1500. The van der Waals surface area contributed by atoms with Crippen LogP contribution in [0.4, 0.5) is 17.5 Å². The molecule has 1 fully saturated rings. The molecule has 0 spiro atoms. The van der Waals surface area contributed by atoms with E-state index in [9.17, 15) is 13.2 Å². The van der Waals surface area contributed by atoms with Gasteiger partial charge < -0.3 is 15.5 Å². The molecule has 0 aliphatic carbocycles. The molecule has 0 aromatic carbocycles. The Balaban J connectivity index is 0.00000294. The molecule has 3 aromatic rings.